The van der Waals surface area contributed by atoms with Crippen LogP contribution in [0.25, 0.3) is 12.2 Å². The first-order valence-electron chi connectivity index (χ1n) is 4.35. The first-order valence-corrected chi connectivity index (χ1v) is 4.35. The molecule has 64 valence electrons. The molecule has 1 heterocycles. The van der Waals surface area contributed by atoms with Crippen molar-refractivity contribution in [3.63, 3.8) is 0 Å². The molecule has 0 N–H and O–H groups in total. The molecule has 1 aromatic carbocycles. The minimum Gasteiger partial charge on any atom is -0.467 e. The Morgan fingerprint density at radius 1 is 1.15 bits per heavy atom. The van der Waals surface area contributed by atoms with Gasteiger partial charge in [-0.15, -0.1) is 0 Å². The Hall–Kier alpha value is -1.57. The molecule has 0 atom stereocenters. The molecule has 0 radical (unpaired) electrons. The van der Waals surface area contributed by atoms with Crippen molar-refractivity contribution in [3.05, 3.63) is 34.7 Å². The second-order valence-corrected chi connectivity index (χ2v) is 3.44. The molecule has 1 aliphatic carbocycles. The van der Waals surface area contributed by atoms with E-state index in [0.717, 1.165) is 0 Å². The van der Waals surface area contributed by atoms with Gasteiger partial charge in [-0.3, -0.25) is 4.99 Å². The first kappa shape index (κ1) is 6.89. The van der Waals surface area contributed by atoms with Crippen LogP contribution >= 0.6 is 0 Å². The van der Waals surface area contributed by atoms with Gasteiger partial charge in [0, 0.05) is 0 Å². The maximum absolute atomic E-state index is 5.48. The van der Waals surface area contributed by atoms with Crippen LogP contribution in [0.3, 0.4) is 0 Å². The van der Waals surface area contributed by atoms with Gasteiger partial charge in [-0.1, -0.05) is 24.3 Å². The van der Waals surface area contributed by atoms with E-state index in [-0.39, 0.29) is 5.60 Å². The number of aliphatic imine (C=N–C) groups is 1. The number of benzene rings is 1. The quantitative estimate of drug-likeness (QED) is 0.541. The molecule has 3 rings (SSSR count). The summed E-state index contributed by atoms with van der Waals surface area (Å²) in [7, 11) is 0. The molecule has 13 heavy (non-hydrogen) atoms. The molecule has 1 aliphatic heterocycles. The minimum atomic E-state index is -0.274. The number of fused-ring (bicyclic) bond motifs is 1. The Bertz CT molecular complexity index is 442. The molecule has 1 spiro atoms. The molecule has 0 bridgehead atoms. The fraction of sp³-hybridized carbons (Fsp3) is 0.182. The topological polar surface area (TPSA) is 21.6 Å². The minimum absolute atomic E-state index is 0.274. The lowest BCUT2D eigenvalue weighted by atomic mass is 10.1. The zero-order valence-corrected chi connectivity index (χ0v) is 7.10. The largest absolute Gasteiger partial charge is 0.467 e. The van der Waals surface area contributed by atoms with Crippen molar-refractivity contribution in [3.8, 4) is 0 Å². The Labute approximate surface area is 75.9 Å². The van der Waals surface area contributed by atoms with Crippen molar-refractivity contribution in [2.24, 2.45) is 4.99 Å². The molecular formula is C11H9NO. The molecule has 0 saturated heterocycles. The SMILES string of the molecule is C1=NCC2(C=c3ccccc3=C2)O1. The van der Waals surface area contributed by atoms with E-state index in [9.17, 15) is 0 Å². The zero-order valence-electron chi connectivity index (χ0n) is 7.10. The van der Waals surface area contributed by atoms with Crippen LogP contribution in [0.2, 0.25) is 0 Å². The third-order valence-electron chi connectivity index (χ3n) is 2.48. The second-order valence-electron chi connectivity index (χ2n) is 3.44. The van der Waals surface area contributed by atoms with E-state index in [4.69, 9.17) is 4.74 Å². The first-order chi connectivity index (χ1) is 6.38. The van der Waals surface area contributed by atoms with Crippen molar-refractivity contribution in [1.82, 2.24) is 0 Å². The van der Waals surface area contributed by atoms with Gasteiger partial charge in [-0.2, -0.15) is 0 Å². The summed E-state index contributed by atoms with van der Waals surface area (Å²) < 4.78 is 5.48. The lowest BCUT2D eigenvalue weighted by molar-refractivity contribution is 0.239. The third kappa shape index (κ3) is 0.917. The molecule has 0 aromatic heterocycles. The highest BCUT2D eigenvalue weighted by atomic mass is 16.5. The van der Waals surface area contributed by atoms with Gasteiger partial charge in [0.05, 0.1) is 6.54 Å². The van der Waals surface area contributed by atoms with Crippen LogP contribution in [0.4, 0.5) is 0 Å². The third-order valence-corrected chi connectivity index (χ3v) is 2.48. The average Bonchev–Trinajstić information content (AvgIpc) is 2.72. The molecule has 2 heteroatoms. The van der Waals surface area contributed by atoms with Gasteiger partial charge in [0.15, 0.2) is 12.0 Å². The normalized spacial score (nSPS) is 20.6. The highest BCUT2D eigenvalue weighted by Gasteiger charge is 2.31. The number of rotatable bonds is 0. The summed E-state index contributed by atoms with van der Waals surface area (Å²) in [6.45, 7) is 0.710. The fourth-order valence-electron chi connectivity index (χ4n) is 1.85. The summed E-state index contributed by atoms with van der Waals surface area (Å²) in [4.78, 5) is 4.09. The smallest absolute Gasteiger partial charge is 0.171 e. The summed E-state index contributed by atoms with van der Waals surface area (Å²) in [5.41, 5.74) is -0.274. The second kappa shape index (κ2) is 2.22. The van der Waals surface area contributed by atoms with Crippen molar-refractivity contribution in [1.29, 1.82) is 0 Å². The van der Waals surface area contributed by atoms with E-state index in [2.05, 4.69) is 29.3 Å². The summed E-state index contributed by atoms with van der Waals surface area (Å²) in [6.07, 6.45) is 5.81. The van der Waals surface area contributed by atoms with E-state index < -0.39 is 0 Å². The van der Waals surface area contributed by atoms with E-state index in [1.165, 1.54) is 10.4 Å². The molecule has 2 nitrogen and oxygen atoms in total. The molecule has 0 saturated carbocycles. The zero-order chi connectivity index (χ0) is 8.73. The standard InChI is InChI=1S/C11H9NO/c1-2-4-10-6-11(5-9(10)3-1)7-12-8-13-11/h1-6,8H,7H2. The Kier molecular flexibility index (Phi) is 1.18. The molecule has 0 amide bonds. The van der Waals surface area contributed by atoms with E-state index in [1.807, 2.05) is 12.1 Å². The van der Waals surface area contributed by atoms with E-state index >= 15 is 0 Å². The molecule has 1 aromatic rings. The molecule has 0 fully saturated rings. The van der Waals surface area contributed by atoms with Crippen LogP contribution in [0.15, 0.2) is 29.3 Å². The van der Waals surface area contributed by atoms with Crippen LogP contribution in [0, 0.1) is 0 Å². The van der Waals surface area contributed by atoms with Gasteiger partial charge < -0.3 is 4.74 Å². The van der Waals surface area contributed by atoms with Gasteiger partial charge >= 0.3 is 0 Å². The van der Waals surface area contributed by atoms with Crippen molar-refractivity contribution < 1.29 is 4.74 Å². The van der Waals surface area contributed by atoms with Gasteiger partial charge in [0.1, 0.15) is 0 Å². The van der Waals surface area contributed by atoms with Crippen LogP contribution in [0.1, 0.15) is 0 Å². The maximum atomic E-state index is 5.48. The highest BCUT2D eigenvalue weighted by molar-refractivity contribution is 5.68. The fourth-order valence-corrected chi connectivity index (χ4v) is 1.85. The van der Waals surface area contributed by atoms with Gasteiger partial charge in [0.2, 0.25) is 0 Å². The molecular weight excluding hydrogens is 162 g/mol. The van der Waals surface area contributed by atoms with E-state index in [1.54, 1.807) is 6.40 Å². The predicted molar refractivity (Wildman–Crippen MR) is 51.8 cm³/mol. The van der Waals surface area contributed by atoms with Gasteiger partial charge in [-0.05, 0) is 22.6 Å². The van der Waals surface area contributed by atoms with Crippen molar-refractivity contribution in [2.75, 3.05) is 6.54 Å². The Morgan fingerprint density at radius 2 is 1.85 bits per heavy atom. The van der Waals surface area contributed by atoms with E-state index in [0.29, 0.717) is 6.54 Å². The summed E-state index contributed by atoms with van der Waals surface area (Å²) in [6, 6.07) is 8.28. The molecule has 0 unspecified atom stereocenters. The maximum Gasteiger partial charge on any atom is 0.171 e. The monoisotopic (exact) mass is 171 g/mol. The van der Waals surface area contributed by atoms with Crippen molar-refractivity contribution in [2.45, 2.75) is 5.60 Å². The molecule has 2 aliphatic rings. The Balaban J connectivity index is 2.23. The number of nitrogens with zero attached hydrogens (tertiary/aromatic N) is 1. The Morgan fingerprint density at radius 3 is 2.38 bits per heavy atom. The average molecular weight is 171 g/mol. The predicted octanol–water partition coefficient (Wildman–Crippen LogP) is 0.0585. The number of hydrogen-bond donors (Lipinski definition) is 0. The van der Waals surface area contributed by atoms with Crippen LogP contribution in [0.5, 0.6) is 0 Å². The highest BCUT2D eigenvalue weighted by Crippen LogP contribution is 2.20. The van der Waals surface area contributed by atoms with Crippen molar-refractivity contribution >= 4 is 18.6 Å². The lowest BCUT2D eigenvalue weighted by Crippen LogP contribution is -2.24. The summed E-state index contributed by atoms with van der Waals surface area (Å²) in [5, 5.41) is 2.49. The van der Waals surface area contributed by atoms with Crippen LogP contribution in [-0.2, 0) is 4.74 Å². The number of hydrogen-bond acceptors (Lipinski definition) is 2. The van der Waals surface area contributed by atoms with Gasteiger partial charge in [-0.25, -0.2) is 0 Å². The number of ether oxygens (including phenoxy) is 1. The van der Waals surface area contributed by atoms with Crippen LogP contribution in [-0.4, -0.2) is 18.5 Å². The van der Waals surface area contributed by atoms with Crippen LogP contribution < -0.4 is 10.4 Å². The summed E-state index contributed by atoms with van der Waals surface area (Å²) in [5.74, 6) is 0. The summed E-state index contributed by atoms with van der Waals surface area (Å²) >= 11 is 0. The van der Waals surface area contributed by atoms with Gasteiger partial charge in [0.25, 0.3) is 0 Å². The lowest BCUT2D eigenvalue weighted by Gasteiger charge is -2.15.